The summed E-state index contributed by atoms with van der Waals surface area (Å²) < 4.78 is 0.769. The van der Waals surface area contributed by atoms with E-state index in [4.69, 9.17) is 17.3 Å². The summed E-state index contributed by atoms with van der Waals surface area (Å²) in [5.74, 6) is 0.791. The highest BCUT2D eigenvalue weighted by atomic mass is 35.5. The molecule has 90 valence electrons. The van der Waals surface area contributed by atoms with Crippen molar-refractivity contribution in [3.05, 3.63) is 34.1 Å². The lowest BCUT2D eigenvalue weighted by molar-refractivity contribution is 0.700. The Labute approximate surface area is 110 Å². The van der Waals surface area contributed by atoms with E-state index in [1.54, 1.807) is 0 Å². The summed E-state index contributed by atoms with van der Waals surface area (Å²) in [6.07, 6.45) is 0.688. The van der Waals surface area contributed by atoms with Crippen LogP contribution in [0.5, 0.6) is 0 Å². The third-order valence-corrected chi connectivity index (χ3v) is 3.48. The second-order valence-electron chi connectivity index (χ2n) is 4.10. The molecule has 2 rings (SSSR count). The van der Waals surface area contributed by atoms with Crippen molar-refractivity contribution in [1.29, 1.82) is 0 Å². The highest BCUT2D eigenvalue weighted by Gasteiger charge is 2.08. The maximum absolute atomic E-state index is 5.93. The van der Waals surface area contributed by atoms with Crippen LogP contribution in [0.25, 0.3) is 10.6 Å². The van der Waals surface area contributed by atoms with E-state index in [1.165, 1.54) is 11.3 Å². The number of aryl methyl sites for hydroxylation is 1. The van der Waals surface area contributed by atoms with Crippen molar-refractivity contribution in [2.75, 3.05) is 0 Å². The molecule has 17 heavy (non-hydrogen) atoms. The van der Waals surface area contributed by atoms with Crippen LogP contribution in [0.2, 0.25) is 4.34 Å². The van der Waals surface area contributed by atoms with Crippen LogP contribution in [0.1, 0.15) is 18.4 Å². The van der Waals surface area contributed by atoms with Gasteiger partial charge in [-0.3, -0.25) is 0 Å². The summed E-state index contributed by atoms with van der Waals surface area (Å²) in [4.78, 5) is 9.97. The summed E-state index contributed by atoms with van der Waals surface area (Å²) >= 11 is 7.45. The molecule has 2 N–H and O–H groups in total. The lowest BCUT2D eigenvalue weighted by Crippen LogP contribution is -2.19. The van der Waals surface area contributed by atoms with E-state index < -0.39 is 0 Å². The van der Waals surface area contributed by atoms with E-state index in [2.05, 4.69) is 9.97 Å². The van der Waals surface area contributed by atoms with Crippen LogP contribution in [-0.2, 0) is 6.42 Å². The molecule has 0 aliphatic rings. The van der Waals surface area contributed by atoms with E-state index >= 15 is 0 Å². The van der Waals surface area contributed by atoms with Crippen LogP contribution in [0, 0.1) is 6.92 Å². The summed E-state index contributed by atoms with van der Waals surface area (Å²) in [6, 6.07) is 5.89. The average molecular weight is 268 g/mol. The predicted octanol–water partition coefficient (Wildman–Crippen LogP) is 3.06. The van der Waals surface area contributed by atoms with Gasteiger partial charge in [0.25, 0.3) is 0 Å². The lowest BCUT2D eigenvalue weighted by atomic mass is 10.2. The van der Waals surface area contributed by atoms with Crippen molar-refractivity contribution in [2.45, 2.75) is 26.3 Å². The molecular formula is C12H14ClN3S. The second kappa shape index (κ2) is 5.12. The van der Waals surface area contributed by atoms with Gasteiger partial charge >= 0.3 is 0 Å². The van der Waals surface area contributed by atoms with E-state index in [1.807, 2.05) is 32.0 Å². The fourth-order valence-electron chi connectivity index (χ4n) is 1.59. The fourth-order valence-corrected chi connectivity index (χ4v) is 2.59. The molecule has 1 atom stereocenters. The van der Waals surface area contributed by atoms with E-state index in [0.717, 1.165) is 26.4 Å². The number of hydrogen-bond donors (Lipinski definition) is 1. The Hall–Kier alpha value is -0.970. The first-order chi connectivity index (χ1) is 8.04. The zero-order valence-electron chi connectivity index (χ0n) is 9.77. The molecule has 0 aliphatic heterocycles. The first-order valence-corrected chi connectivity index (χ1v) is 6.60. The van der Waals surface area contributed by atoms with Gasteiger partial charge in [0.05, 0.1) is 14.9 Å². The molecule has 1 unspecified atom stereocenters. The number of nitrogens with two attached hydrogens (primary N) is 1. The minimum absolute atomic E-state index is 0.0663. The van der Waals surface area contributed by atoms with Gasteiger partial charge in [-0.15, -0.1) is 11.3 Å². The zero-order valence-corrected chi connectivity index (χ0v) is 11.3. The quantitative estimate of drug-likeness (QED) is 0.930. The molecule has 0 aliphatic carbocycles. The Kier molecular flexibility index (Phi) is 3.76. The number of aromatic nitrogens is 2. The highest BCUT2D eigenvalue weighted by molar-refractivity contribution is 7.19. The third kappa shape index (κ3) is 3.25. The van der Waals surface area contributed by atoms with Gasteiger partial charge in [-0.1, -0.05) is 11.6 Å². The fraction of sp³-hybridized carbons (Fsp3) is 0.333. The van der Waals surface area contributed by atoms with Crippen molar-refractivity contribution in [3.8, 4) is 10.6 Å². The molecule has 2 aromatic heterocycles. The van der Waals surface area contributed by atoms with Gasteiger partial charge in [0.1, 0.15) is 5.82 Å². The Morgan fingerprint density at radius 2 is 2.18 bits per heavy atom. The highest BCUT2D eigenvalue weighted by Crippen LogP contribution is 2.30. The van der Waals surface area contributed by atoms with Crippen molar-refractivity contribution in [2.24, 2.45) is 5.73 Å². The molecule has 0 bridgehead atoms. The van der Waals surface area contributed by atoms with Gasteiger partial charge in [0.15, 0.2) is 0 Å². The SMILES string of the molecule is Cc1cc(-c2ccc(Cl)s2)nc(CC(C)N)n1. The van der Waals surface area contributed by atoms with Crippen LogP contribution in [0.3, 0.4) is 0 Å². The maximum atomic E-state index is 5.93. The number of nitrogens with zero attached hydrogens (tertiary/aromatic N) is 2. The van der Waals surface area contributed by atoms with Crippen LogP contribution < -0.4 is 5.73 Å². The molecular weight excluding hydrogens is 254 g/mol. The first kappa shape index (κ1) is 12.5. The molecule has 3 nitrogen and oxygen atoms in total. The van der Waals surface area contributed by atoms with Gasteiger partial charge in [-0.2, -0.15) is 0 Å². The van der Waals surface area contributed by atoms with E-state index in [9.17, 15) is 0 Å². The zero-order chi connectivity index (χ0) is 12.4. The summed E-state index contributed by atoms with van der Waals surface area (Å²) in [5, 5.41) is 0. The van der Waals surface area contributed by atoms with Crippen molar-refractivity contribution >= 4 is 22.9 Å². The topological polar surface area (TPSA) is 51.8 Å². The predicted molar refractivity (Wildman–Crippen MR) is 72.4 cm³/mol. The summed E-state index contributed by atoms with van der Waals surface area (Å²) in [6.45, 7) is 3.92. The number of halogens is 1. The minimum Gasteiger partial charge on any atom is -0.328 e. The molecule has 0 saturated heterocycles. The Morgan fingerprint density at radius 3 is 2.76 bits per heavy atom. The normalized spacial score (nSPS) is 12.7. The van der Waals surface area contributed by atoms with E-state index in [-0.39, 0.29) is 6.04 Å². The molecule has 0 radical (unpaired) electrons. The van der Waals surface area contributed by atoms with Crippen molar-refractivity contribution in [1.82, 2.24) is 9.97 Å². The lowest BCUT2D eigenvalue weighted by Gasteiger charge is -2.06. The minimum atomic E-state index is 0.0663. The smallest absolute Gasteiger partial charge is 0.130 e. The molecule has 0 saturated carbocycles. The van der Waals surface area contributed by atoms with Gasteiger partial charge in [0, 0.05) is 18.2 Å². The molecule has 0 fully saturated rings. The van der Waals surface area contributed by atoms with Gasteiger partial charge in [-0.05, 0) is 32.0 Å². The number of rotatable bonds is 3. The van der Waals surface area contributed by atoms with Gasteiger partial charge < -0.3 is 5.73 Å². The van der Waals surface area contributed by atoms with Gasteiger partial charge in [0.2, 0.25) is 0 Å². The van der Waals surface area contributed by atoms with Crippen molar-refractivity contribution in [3.63, 3.8) is 0 Å². The van der Waals surface area contributed by atoms with E-state index in [0.29, 0.717) is 6.42 Å². The molecule has 2 aromatic rings. The van der Waals surface area contributed by atoms with Crippen molar-refractivity contribution < 1.29 is 0 Å². The Morgan fingerprint density at radius 1 is 1.41 bits per heavy atom. The molecule has 2 heterocycles. The largest absolute Gasteiger partial charge is 0.328 e. The average Bonchev–Trinajstić information content (AvgIpc) is 2.62. The van der Waals surface area contributed by atoms with Crippen LogP contribution in [0.4, 0.5) is 0 Å². The molecule has 0 spiro atoms. The van der Waals surface area contributed by atoms with Crippen LogP contribution in [0.15, 0.2) is 18.2 Å². The second-order valence-corrected chi connectivity index (χ2v) is 5.81. The van der Waals surface area contributed by atoms with Crippen LogP contribution in [-0.4, -0.2) is 16.0 Å². The van der Waals surface area contributed by atoms with Gasteiger partial charge in [-0.25, -0.2) is 9.97 Å². The maximum Gasteiger partial charge on any atom is 0.130 e. The molecule has 0 aromatic carbocycles. The monoisotopic (exact) mass is 267 g/mol. The number of thiophene rings is 1. The first-order valence-electron chi connectivity index (χ1n) is 5.40. The molecule has 0 amide bonds. The Balaban J connectivity index is 2.37. The standard InChI is InChI=1S/C12H14ClN3S/c1-7(14)5-12-15-8(2)6-9(16-12)10-3-4-11(13)17-10/h3-4,6-7H,5,14H2,1-2H3. The summed E-state index contributed by atoms with van der Waals surface area (Å²) in [5.41, 5.74) is 7.64. The Bertz CT molecular complexity index is 522. The molecule has 5 heteroatoms. The van der Waals surface area contributed by atoms with Crippen LogP contribution >= 0.6 is 22.9 Å². The number of hydrogen-bond acceptors (Lipinski definition) is 4. The summed E-state index contributed by atoms with van der Waals surface area (Å²) in [7, 11) is 0. The third-order valence-electron chi connectivity index (χ3n) is 2.23.